The van der Waals surface area contributed by atoms with Crippen molar-refractivity contribution in [1.29, 1.82) is 0 Å². The molecule has 2 heterocycles. The van der Waals surface area contributed by atoms with Gasteiger partial charge in [0.15, 0.2) is 0 Å². The summed E-state index contributed by atoms with van der Waals surface area (Å²) in [5.41, 5.74) is 3.34. The molecule has 0 radical (unpaired) electrons. The SMILES string of the molecule is CC1OCCC1N(C)C(=O)c1cccc2c1CCNC2. The second-order valence-corrected chi connectivity index (χ2v) is 5.72. The quantitative estimate of drug-likeness (QED) is 0.890. The van der Waals surface area contributed by atoms with Crippen LogP contribution in [0.5, 0.6) is 0 Å². The Bertz CT molecular complexity index is 515. The van der Waals surface area contributed by atoms with Crippen LogP contribution >= 0.6 is 0 Å². The molecule has 1 amide bonds. The van der Waals surface area contributed by atoms with Gasteiger partial charge in [0.05, 0.1) is 12.1 Å². The van der Waals surface area contributed by atoms with E-state index in [4.69, 9.17) is 4.74 Å². The predicted octanol–water partition coefficient (Wildman–Crippen LogP) is 1.58. The second kappa shape index (κ2) is 5.54. The molecule has 2 atom stereocenters. The highest BCUT2D eigenvalue weighted by Crippen LogP contribution is 2.24. The Hall–Kier alpha value is -1.39. The molecule has 1 aromatic rings. The van der Waals surface area contributed by atoms with E-state index in [1.165, 1.54) is 11.1 Å². The van der Waals surface area contributed by atoms with Gasteiger partial charge in [0.1, 0.15) is 0 Å². The lowest BCUT2D eigenvalue weighted by atomic mass is 9.94. The highest BCUT2D eigenvalue weighted by Gasteiger charge is 2.32. The number of ether oxygens (including phenoxy) is 1. The van der Waals surface area contributed by atoms with E-state index in [1.807, 2.05) is 31.0 Å². The second-order valence-electron chi connectivity index (χ2n) is 5.72. The maximum atomic E-state index is 12.8. The lowest BCUT2D eigenvalue weighted by Gasteiger charge is -2.29. The smallest absolute Gasteiger partial charge is 0.254 e. The molecule has 0 aliphatic carbocycles. The van der Waals surface area contributed by atoms with E-state index in [1.54, 1.807) is 0 Å². The van der Waals surface area contributed by atoms with E-state index >= 15 is 0 Å². The van der Waals surface area contributed by atoms with Crippen LogP contribution in [0.25, 0.3) is 0 Å². The van der Waals surface area contributed by atoms with Gasteiger partial charge in [-0.15, -0.1) is 0 Å². The number of likely N-dealkylation sites (N-methyl/N-ethyl adjacent to an activating group) is 1. The highest BCUT2D eigenvalue weighted by atomic mass is 16.5. The van der Waals surface area contributed by atoms with Gasteiger partial charge in [-0.3, -0.25) is 4.79 Å². The fourth-order valence-electron chi connectivity index (χ4n) is 3.30. The van der Waals surface area contributed by atoms with Crippen molar-refractivity contribution in [3.05, 3.63) is 34.9 Å². The Morgan fingerprint density at radius 3 is 3.05 bits per heavy atom. The minimum Gasteiger partial charge on any atom is -0.376 e. The van der Waals surface area contributed by atoms with Crippen LogP contribution in [0.3, 0.4) is 0 Å². The van der Waals surface area contributed by atoms with E-state index in [9.17, 15) is 4.79 Å². The summed E-state index contributed by atoms with van der Waals surface area (Å²) >= 11 is 0. The van der Waals surface area contributed by atoms with Crippen LogP contribution < -0.4 is 5.32 Å². The van der Waals surface area contributed by atoms with Crippen molar-refractivity contribution in [2.75, 3.05) is 20.2 Å². The van der Waals surface area contributed by atoms with Crippen molar-refractivity contribution >= 4 is 5.91 Å². The van der Waals surface area contributed by atoms with Gasteiger partial charge in [0.25, 0.3) is 5.91 Å². The van der Waals surface area contributed by atoms with Crippen LogP contribution in [-0.4, -0.2) is 43.2 Å². The van der Waals surface area contributed by atoms with E-state index in [0.717, 1.165) is 38.1 Å². The summed E-state index contributed by atoms with van der Waals surface area (Å²) in [5, 5.41) is 3.35. The summed E-state index contributed by atoms with van der Waals surface area (Å²) in [6.07, 6.45) is 1.99. The molecular weight excluding hydrogens is 252 g/mol. The Labute approximate surface area is 120 Å². The molecule has 1 fully saturated rings. The topological polar surface area (TPSA) is 41.6 Å². The van der Waals surface area contributed by atoms with Gasteiger partial charge < -0.3 is 15.0 Å². The molecule has 4 nitrogen and oxygen atoms in total. The molecule has 0 spiro atoms. The molecule has 20 heavy (non-hydrogen) atoms. The fourth-order valence-corrected chi connectivity index (χ4v) is 3.30. The van der Waals surface area contributed by atoms with Gasteiger partial charge in [-0.25, -0.2) is 0 Å². The number of fused-ring (bicyclic) bond motifs is 1. The van der Waals surface area contributed by atoms with Crippen LogP contribution in [-0.2, 0) is 17.7 Å². The van der Waals surface area contributed by atoms with Gasteiger partial charge in [-0.1, -0.05) is 12.1 Å². The van der Waals surface area contributed by atoms with Gasteiger partial charge in [0.2, 0.25) is 0 Å². The van der Waals surface area contributed by atoms with E-state index in [-0.39, 0.29) is 18.1 Å². The molecular formula is C16H22N2O2. The first-order valence-electron chi connectivity index (χ1n) is 7.38. The number of amides is 1. The number of benzene rings is 1. The Balaban J connectivity index is 1.87. The zero-order valence-corrected chi connectivity index (χ0v) is 12.2. The van der Waals surface area contributed by atoms with Crippen LogP contribution in [0.1, 0.15) is 34.8 Å². The van der Waals surface area contributed by atoms with Crippen molar-refractivity contribution in [2.24, 2.45) is 0 Å². The molecule has 0 bridgehead atoms. The van der Waals surface area contributed by atoms with Gasteiger partial charge in [-0.05, 0) is 43.5 Å². The molecule has 3 rings (SSSR count). The standard InChI is InChI=1S/C16H22N2O2/c1-11-15(7-9-20-11)18(2)16(19)14-5-3-4-12-10-17-8-6-13(12)14/h3-5,11,15,17H,6-10H2,1-2H3. The fraction of sp³-hybridized carbons (Fsp3) is 0.562. The van der Waals surface area contributed by atoms with Crippen molar-refractivity contribution in [3.63, 3.8) is 0 Å². The molecule has 0 aromatic heterocycles. The molecule has 1 aromatic carbocycles. The maximum Gasteiger partial charge on any atom is 0.254 e. The zero-order valence-electron chi connectivity index (χ0n) is 12.2. The minimum atomic E-state index is 0.130. The summed E-state index contributed by atoms with van der Waals surface area (Å²) in [7, 11) is 1.90. The first-order valence-corrected chi connectivity index (χ1v) is 7.38. The number of rotatable bonds is 2. The molecule has 2 unspecified atom stereocenters. The van der Waals surface area contributed by atoms with Crippen molar-refractivity contribution in [2.45, 2.75) is 38.5 Å². The molecule has 0 saturated carbocycles. The average Bonchev–Trinajstić information content (AvgIpc) is 2.91. The van der Waals surface area contributed by atoms with E-state index in [2.05, 4.69) is 11.4 Å². The van der Waals surface area contributed by atoms with Crippen LogP contribution in [0.15, 0.2) is 18.2 Å². The predicted molar refractivity (Wildman–Crippen MR) is 77.8 cm³/mol. The Morgan fingerprint density at radius 1 is 1.45 bits per heavy atom. The molecule has 2 aliphatic heterocycles. The minimum absolute atomic E-state index is 0.130. The Morgan fingerprint density at radius 2 is 2.30 bits per heavy atom. The summed E-state index contributed by atoms with van der Waals surface area (Å²) < 4.78 is 5.58. The lowest BCUT2D eigenvalue weighted by Crippen LogP contribution is -2.41. The van der Waals surface area contributed by atoms with Crippen LogP contribution in [0.4, 0.5) is 0 Å². The maximum absolute atomic E-state index is 12.8. The first-order chi connectivity index (χ1) is 9.68. The first kappa shape index (κ1) is 13.6. The van der Waals surface area contributed by atoms with Crippen molar-refractivity contribution in [3.8, 4) is 0 Å². The number of carbonyl (C=O) groups is 1. The number of hydrogen-bond acceptors (Lipinski definition) is 3. The molecule has 2 aliphatic rings. The third-order valence-corrected chi connectivity index (χ3v) is 4.52. The zero-order chi connectivity index (χ0) is 14.1. The summed E-state index contributed by atoms with van der Waals surface area (Å²) in [6, 6.07) is 6.25. The number of carbonyl (C=O) groups excluding carboxylic acids is 1. The molecule has 108 valence electrons. The van der Waals surface area contributed by atoms with Crippen molar-refractivity contribution < 1.29 is 9.53 Å². The third kappa shape index (κ3) is 2.34. The summed E-state index contributed by atoms with van der Waals surface area (Å²) in [6.45, 7) is 4.61. The largest absolute Gasteiger partial charge is 0.376 e. The monoisotopic (exact) mass is 274 g/mol. The summed E-state index contributed by atoms with van der Waals surface area (Å²) in [5.74, 6) is 0.131. The number of hydrogen-bond donors (Lipinski definition) is 1. The van der Waals surface area contributed by atoms with Gasteiger partial charge in [-0.2, -0.15) is 0 Å². The number of nitrogens with zero attached hydrogens (tertiary/aromatic N) is 1. The van der Waals surface area contributed by atoms with E-state index in [0.29, 0.717) is 0 Å². The Kier molecular flexibility index (Phi) is 3.76. The van der Waals surface area contributed by atoms with Crippen LogP contribution in [0, 0.1) is 0 Å². The third-order valence-electron chi connectivity index (χ3n) is 4.52. The van der Waals surface area contributed by atoms with Crippen LogP contribution in [0.2, 0.25) is 0 Å². The highest BCUT2D eigenvalue weighted by molar-refractivity contribution is 5.96. The molecule has 1 N–H and O–H groups in total. The molecule has 4 heteroatoms. The summed E-state index contributed by atoms with van der Waals surface area (Å²) in [4.78, 5) is 14.7. The van der Waals surface area contributed by atoms with Gasteiger partial charge in [0, 0.05) is 25.8 Å². The lowest BCUT2D eigenvalue weighted by molar-refractivity contribution is 0.0573. The van der Waals surface area contributed by atoms with Gasteiger partial charge >= 0.3 is 0 Å². The average molecular weight is 274 g/mol. The van der Waals surface area contributed by atoms with Crippen molar-refractivity contribution in [1.82, 2.24) is 10.2 Å². The number of nitrogens with one attached hydrogen (secondary N) is 1. The van der Waals surface area contributed by atoms with E-state index < -0.39 is 0 Å². The normalized spacial score (nSPS) is 25.3. The molecule has 1 saturated heterocycles.